The van der Waals surface area contributed by atoms with Crippen LogP contribution >= 0.6 is 0 Å². The van der Waals surface area contributed by atoms with Crippen LogP contribution in [0.4, 0.5) is 10.5 Å². The first-order chi connectivity index (χ1) is 16.4. The molecule has 0 radical (unpaired) electrons. The molecule has 3 N–H and O–H groups in total. The number of fused-ring (bicyclic) bond motifs is 1. The first-order valence-corrected chi connectivity index (χ1v) is 11.9. The van der Waals surface area contributed by atoms with E-state index in [1.807, 2.05) is 24.3 Å². The summed E-state index contributed by atoms with van der Waals surface area (Å²) in [4.78, 5) is 52.5. The van der Waals surface area contributed by atoms with E-state index >= 15 is 0 Å². The molecule has 1 saturated heterocycles. The average molecular weight is 461 g/mol. The van der Waals surface area contributed by atoms with Gasteiger partial charge in [0.1, 0.15) is 12.1 Å². The lowest BCUT2D eigenvalue weighted by atomic mass is 9.78. The minimum absolute atomic E-state index is 0.152. The van der Waals surface area contributed by atoms with Crippen LogP contribution in [0, 0.1) is 0 Å². The van der Waals surface area contributed by atoms with E-state index in [1.54, 1.807) is 24.3 Å². The quantitative estimate of drug-likeness (QED) is 0.597. The summed E-state index contributed by atoms with van der Waals surface area (Å²) in [5.74, 6) is -1.15. The molecule has 0 aromatic heterocycles. The van der Waals surface area contributed by atoms with Crippen molar-refractivity contribution in [2.24, 2.45) is 0 Å². The molecule has 3 aliphatic rings. The fourth-order valence-electron chi connectivity index (χ4n) is 5.30. The lowest BCUT2D eigenvalue weighted by molar-refractivity contribution is -0.134. The molecule has 1 atom stereocenters. The number of carbonyl (C=O) groups excluding carboxylic acids is 4. The van der Waals surface area contributed by atoms with E-state index in [4.69, 9.17) is 0 Å². The van der Waals surface area contributed by atoms with Gasteiger partial charge in [-0.05, 0) is 48.9 Å². The van der Waals surface area contributed by atoms with Crippen molar-refractivity contribution in [1.82, 2.24) is 15.5 Å². The molecule has 1 spiro atoms. The number of nitrogens with zero attached hydrogens (tertiary/aromatic N) is 1. The third-order valence-corrected chi connectivity index (χ3v) is 7.12. The second-order valence-electron chi connectivity index (χ2n) is 9.40. The Bertz CT molecular complexity index is 1160. The maximum Gasteiger partial charge on any atom is 0.325 e. The molecular weight excluding hydrogens is 432 g/mol. The van der Waals surface area contributed by atoms with Gasteiger partial charge in [-0.3, -0.25) is 19.3 Å². The number of amides is 5. The van der Waals surface area contributed by atoms with E-state index < -0.39 is 24.0 Å². The van der Waals surface area contributed by atoms with Crippen molar-refractivity contribution in [3.05, 3.63) is 65.2 Å². The Labute approximate surface area is 198 Å². The molecule has 8 heteroatoms. The van der Waals surface area contributed by atoms with Gasteiger partial charge in [-0.25, -0.2) is 4.79 Å². The molecule has 176 valence electrons. The minimum Gasteiger partial charge on any atom is -0.349 e. The summed E-state index contributed by atoms with van der Waals surface area (Å²) >= 11 is 0. The van der Waals surface area contributed by atoms with Gasteiger partial charge in [0.15, 0.2) is 0 Å². The van der Waals surface area contributed by atoms with Crippen molar-refractivity contribution in [3.63, 3.8) is 0 Å². The van der Waals surface area contributed by atoms with Gasteiger partial charge in [-0.15, -0.1) is 0 Å². The molecule has 2 aromatic rings. The summed E-state index contributed by atoms with van der Waals surface area (Å²) in [7, 11) is 0. The van der Waals surface area contributed by atoms with Crippen molar-refractivity contribution in [2.45, 2.75) is 56.5 Å². The van der Waals surface area contributed by atoms with Crippen LogP contribution in [-0.4, -0.2) is 46.8 Å². The number of nitrogens with one attached hydrogen (secondary N) is 3. The molecular formula is C26H28N4O4. The number of carbonyl (C=O) groups is 4. The molecule has 1 aliphatic heterocycles. The number of rotatable bonds is 5. The molecule has 2 fully saturated rings. The third-order valence-electron chi connectivity index (χ3n) is 7.12. The van der Waals surface area contributed by atoms with Crippen molar-refractivity contribution in [3.8, 4) is 0 Å². The lowest BCUT2D eigenvalue weighted by Crippen LogP contribution is -2.51. The molecule has 0 bridgehead atoms. The predicted octanol–water partition coefficient (Wildman–Crippen LogP) is 2.78. The molecule has 5 amide bonds. The van der Waals surface area contributed by atoms with E-state index in [9.17, 15) is 19.2 Å². The van der Waals surface area contributed by atoms with Crippen molar-refractivity contribution in [2.75, 3.05) is 11.9 Å². The van der Waals surface area contributed by atoms with Crippen molar-refractivity contribution >= 4 is 29.4 Å². The monoisotopic (exact) mass is 460 g/mol. The Morgan fingerprint density at radius 1 is 1.00 bits per heavy atom. The Morgan fingerprint density at radius 2 is 1.71 bits per heavy atom. The largest absolute Gasteiger partial charge is 0.349 e. The molecule has 5 rings (SSSR count). The summed E-state index contributed by atoms with van der Waals surface area (Å²) < 4.78 is 0. The van der Waals surface area contributed by atoms with Crippen molar-refractivity contribution < 1.29 is 19.2 Å². The van der Waals surface area contributed by atoms with Gasteiger partial charge in [0, 0.05) is 12.5 Å². The number of imide groups is 1. The maximum absolute atomic E-state index is 13.3. The number of hydrogen-bond donors (Lipinski definition) is 3. The summed E-state index contributed by atoms with van der Waals surface area (Å²) in [6.45, 7) is -0.410. The highest BCUT2D eigenvalue weighted by Crippen LogP contribution is 2.33. The van der Waals surface area contributed by atoms with Gasteiger partial charge in [-0.2, -0.15) is 0 Å². The predicted molar refractivity (Wildman–Crippen MR) is 126 cm³/mol. The Kier molecular flexibility index (Phi) is 5.81. The minimum atomic E-state index is -1.01. The molecule has 1 heterocycles. The Morgan fingerprint density at radius 3 is 2.50 bits per heavy atom. The molecule has 8 nitrogen and oxygen atoms in total. The first kappa shape index (κ1) is 22.1. The second-order valence-corrected chi connectivity index (χ2v) is 9.40. The average Bonchev–Trinajstić information content (AvgIpc) is 3.42. The molecule has 2 aromatic carbocycles. The van der Waals surface area contributed by atoms with Gasteiger partial charge < -0.3 is 16.0 Å². The third kappa shape index (κ3) is 4.16. The second kappa shape index (κ2) is 8.93. The van der Waals surface area contributed by atoms with Crippen LogP contribution in [0.15, 0.2) is 48.5 Å². The molecule has 34 heavy (non-hydrogen) atoms. The summed E-state index contributed by atoms with van der Waals surface area (Å²) in [6.07, 6.45) is 5.71. The normalized spacial score (nSPS) is 21.9. The van der Waals surface area contributed by atoms with E-state index in [2.05, 4.69) is 16.0 Å². The van der Waals surface area contributed by atoms with E-state index in [0.717, 1.165) is 36.1 Å². The van der Waals surface area contributed by atoms with Gasteiger partial charge in [0.25, 0.3) is 11.8 Å². The van der Waals surface area contributed by atoms with E-state index in [-0.39, 0.29) is 17.9 Å². The highest BCUT2D eigenvalue weighted by Gasteiger charge is 2.52. The van der Waals surface area contributed by atoms with Crippen molar-refractivity contribution in [1.29, 1.82) is 0 Å². The van der Waals surface area contributed by atoms with Gasteiger partial charge in [0.2, 0.25) is 5.91 Å². The number of para-hydroxylation sites is 1. The Hall–Kier alpha value is -3.68. The lowest BCUT2D eigenvalue weighted by Gasteiger charge is -2.32. The highest BCUT2D eigenvalue weighted by molar-refractivity contribution is 6.11. The smallest absolute Gasteiger partial charge is 0.325 e. The van der Waals surface area contributed by atoms with E-state index in [0.29, 0.717) is 30.5 Å². The van der Waals surface area contributed by atoms with Gasteiger partial charge in [0.05, 0.1) is 11.3 Å². The number of hydrogen-bond acceptors (Lipinski definition) is 4. The maximum atomic E-state index is 13.3. The van der Waals surface area contributed by atoms with E-state index in [1.165, 1.54) is 5.56 Å². The number of aryl methyl sites for hydroxylation is 1. The van der Waals surface area contributed by atoms with Gasteiger partial charge >= 0.3 is 6.03 Å². The van der Waals surface area contributed by atoms with Gasteiger partial charge in [-0.1, -0.05) is 49.2 Å². The number of benzene rings is 2. The zero-order valence-electron chi connectivity index (χ0n) is 18.9. The van der Waals surface area contributed by atoms with Crippen LogP contribution in [0.1, 0.15) is 53.6 Å². The summed E-state index contributed by atoms with van der Waals surface area (Å²) in [5.41, 5.74) is 1.93. The molecule has 2 aliphatic carbocycles. The van der Waals surface area contributed by atoms with Crippen LogP contribution in [0.25, 0.3) is 0 Å². The molecule has 1 saturated carbocycles. The zero-order valence-corrected chi connectivity index (χ0v) is 18.9. The summed E-state index contributed by atoms with van der Waals surface area (Å²) in [5, 5.41) is 8.58. The molecule has 1 unspecified atom stereocenters. The number of anilines is 1. The summed E-state index contributed by atoms with van der Waals surface area (Å²) in [6, 6.07) is 14.2. The topological polar surface area (TPSA) is 108 Å². The Balaban J connectivity index is 1.26. The van der Waals surface area contributed by atoms with Crippen LogP contribution in [0.2, 0.25) is 0 Å². The van der Waals surface area contributed by atoms with Crippen LogP contribution in [0.5, 0.6) is 0 Å². The fraction of sp³-hybridized carbons (Fsp3) is 0.385. The SMILES string of the molecule is O=C(CN1C(=O)NC2(CCc3ccccc3C2)C1=O)Nc1ccccc1C(=O)NC1CCCC1. The zero-order chi connectivity index (χ0) is 23.7. The fourth-order valence-corrected chi connectivity index (χ4v) is 5.30. The number of urea groups is 1. The first-order valence-electron chi connectivity index (χ1n) is 11.9. The van der Waals surface area contributed by atoms with Crippen LogP contribution in [0.3, 0.4) is 0 Å². The van der Waals surface area contributed by atoms with Crippen LogP contribution in [-0.2, 0) is 22.4 Å². The standard InChI is InChI=1S/C26H28N4O4/c31-22(28-21-12-6-5-11-20(21)23(32)27-19-9-3-4-10-19)16-30-24(33)26(29-25(30)34)14-13-17-7-1-2-8-18(17)15-26/h1-2,5-8,11-12,19H,3-4,9-10,13-16H2,(H,27,32)(H,28,31)(H,29,34). The highest BCUT2D eigenvalue weighted by atomic mass is 16.2. The van der Waals surface area contributed by atoms with Crippen LogP contribution < -0.4 is 16.0 Å².